The normalized spacial score (nSPS) is 14.1. The molecule has 2 atom stereocenters. The fourth-order valence-corrected chi connectivity index (χ4v) is 3.70. The molecule has 20 heavy (non-hydrogen) atoms. The number of benzene rings is 1. The number of halogens is 2. The first kappa shape index (κ1) is 15.8. The van der Waals surface area contributed by atoms with Crippen molar-refractivity contribution in [2.45, 2.75) is 25.9 Å². The lowest BCUT2D eigenvalue weighted by molar-refractivity contribution is 0.411. The lowest BCUT2D eigenvalue weighted by atomic mass is 10.1. The number of hydrogen-bond donors (Lipinski definition) is 1. The highest BCUT2D eigenvalue weighted by Crippen LogP contribution is 2.31. The minimum Gasteiger partial charge on any atom is -0.496 e. The number of thiophene rings is 1. The van der Waals surface area contributed by atoms with Gasteiger partial charge in [0.15, 0.2) is 0 Å². The summed E-state index contributed by atoms with van der Waals surface area (Å²) in [5, 5.41) is 3.58. The summed E-state index contributed by atoms with van der Waals surface area (Å²) in [6, 6.07) is 10.7. The van der Waals surface area contributed by atoms with E-state index in [1.54, 1.807) is 18.4 Å². The molecule has 1 N–H and O–H groups in total. The second-order valence-electron chi connectivity index (χ2n) is 4.65. The van der Waals surface area contributed by atoms with Crippen molar-refractivity contribution < 1.29 is 4.74 Å². The standard InChI is InChI=1S/C15H17BrClNOS/c1-9(11-4-5-13(19-3)12(16)8-11)18-10(2)14-6-7-15(17)20-14/h4-10,18H,1-3H3. The molecule has 0 amide bonds. The van der Waals surface area contributed by atoms with Gasteiger partial charge in [0, 0.05) is 17.0 Å². The van der Waals surface area contributed by atoms with Crippen LogP contribution in [0.15, 0.2) is 34.8 Å². The van der Waals surface area contributed by atoms with Crippen LogP contribution in [0, 0.1) is 0 Å². The van der Waals surface area contributed by atoms with Crippen molar-refractivity contribution in [3.8, 4) is 5.75 Å². The Labute approximate surface area is 137 Å². The third-order valence-electron chi connectivity index (χ3n) is 3.20. The second kappa shape index (κ2) is 6.94. The molecular formula is C15H17BrClNOS. The molecule has 2 unspecified atom stereocenters. The molecule has 2 rings (SSSR count). The number of methoxy groups -OCH3 is 1. The van der Waals surface area contributed by atoms with Crippen LogP contribution in [-0.4, -0.2) is 7.11 Å². The molecule has 2 nitrogen and oxygen atoms in total. The van der Waals surface area contributed by atoms with Crippen LogP contribution in [0.1, 0.15) is 36.4 Å². The Balaban J connectivity index is 2.07. The monoisotopic (exact) mass is 373 g/mol. The van der Waals surface area contributed by atoms with Crippen LogP contribution in [0.3, 0.4) is 0 Å². The summed E-state index contributed by atoms with van der Waals surface area (Å²) in [4.78, 5) is 1.24. The maximum absolute atomic E-state index is 5.98. The predicted octanol–water partition coefficient (Wildman–Crippen LogP) is 5.58. The van der Waals surface area contributed by atoms with Gasteiger partial charge in [0.1, 0.15) is 5.75 Å². The molecule has 0 bridgehead atoms. The van der Waals surface area contributed by atoms with Gasteiger partial charge in [-0.3, -0.25) is 0 Å². The van der Waals surface area contributed by atoms with Gasteiger partial charge in [-0.05, 0) is 59.6 Å². The van der Waals surface area contributed by atoms with E-state index >= 15 is 0 Å². The molecule has 1 heterocycles. The average Bonchev–Trinajstić information content (AvgIpc) is 2.85. The van der Waals surface area contributed by atoms with Crippen molar-refractivity contribution >= 4 is 38.9 Å². The minimum absolute atomic E-state index is 0.244. The number of ether oxygens (including phenoxy) is 1. The van der Waals surface area contributed by atoms with Crippen molar-refractivity contribution in [3.05, 3.63) is 49.6 Å². The Bertz CT molecular complexity index is 587. The van der Waals surface area contributed by atoms with Crippen molar-refractivity contribution in [3.63, 3.8) is 0 Å². The van der Waals surface area contributed by atoms with E-state index in [0.29, 0.717) is 0 Å². The molecule has 1 aromatic heterocycles. The number of nitrogens with one attached hydrogen (secondary N) is 1. The van der Waals surface area contributed by atoms with Gasteiger partial charge in [-0.2, -0.15) is 0 Å². The Hall–Kier alpha value is -0.550. The van der Waals surface area contributed by atoms with Crippen LogP contribution >= 0.6 is 38.9 Å². The van der Waals surface area contributed by atoms with Crippen molar-refractivity contribution in [1.82, 2.24) is 5.32 Å². The van der Waals surface area contributed by atoms with Crippen LogP contribution < -0.4 is 10.1 Å². The largest absolute Gasteiger partial charge is 0.496 e. The topological polar surface area (TPSA) is 21.3 Å². The first-order chi connectivity index (χ1) is 9.51. The number of rotatable bonds is 5. The summed E-state index contributed by atoms with van der Waals surface area (Å²) in [7, 11) is 1.67. The summed E-state index contributed by atoms with van der Waals surface area (Å²) in [6.45, 7) is 4.30. The zero-order valence-electron chi connectivity index (χ0n) is 11.6. The molecule has 0 radical (unpaired) electrons. The smallest absolute Gasteiger partial charge is 0.133 e. The van der Waals surface area contributed by atoms with Crippen molar-refractivity contribution in [2.75, 3.05) is 7.11 Å². The van der Waals surface area contributed by atoms with E-state index in [0.717, 1.165) is 14.6 Å². The summed E-state index contributed by atoms with van der Waals surface area (Å²) < 4.78 is 7.05. The predicted molar refractivity (Wildman–Crippen MR) is 90.0 cm³/mol. The van der Waals surface area contributed by atoms with E-state index in [1.807, 2.05) is 12.1 Å². The first-order valence-electron chi connectivity index (χ1n) is 6.36. The van der Waals surface area contributed by atoms with Gasteiger partial charge >= 0.3 is 0 Å². The zero-order valence-corrected chi connectivity index (χ0v) is 14.8. The van der Waals surface area contributed by atoms with Crippen LogP contribution in [0.2, 0.25) is 4.34 Å². The third kappa shape index (κ3) is 3.76. The molecule has 108 valence electrons. The molecule has 2 aromatic rings. The van der Waals surface area contributed by atoms with Crippen LogP contribution in [0.5, 0.6) is 5.75 Å². The zero-order chi connectivity index (χ0) is 14.7. The quantitative estimate of drug-likeness (QED) is 0.737. The molecule has 0 spiro atoms. The van der Waals surface area contributed by atoms with E-state index in [2.05, 4.69) is 53.3 Å². The van der Waals surface area contributed by atoms with E-state index in [9.17, 15) is 0 Å². The van der Waals surface area contributed by atoms with Gasteiger partial charge in [-0.15, -0.1) is 11.3 Å². The van der Waals surface area contributed by atoms with Crippen LogP contribution in [0.4, 0.5) is 0 Å². The fraction of sp³-hybridized carbons (Fsp3) is 0.333. The van der Waals surface area contributed by atoms with E-state index in [1.165, 1.54) is 10.4 Å². The van der Waals surface area contributed by atoms with Gasteiger partial charge in [-0.1, -0.05) is 17.7 Å². The molecule has 5 heteroatoms. The van der Waals surface area contributed by atoms with E-state index in [-0.39, 0.29) is 12.1 Å². The van der Waals surface area contributed by atoms with Crippen molar-refractivity contribution in [2.24, 2.45) is 0 Å². The third-order valence-corrected chi connectivity index (χ3v) is 5.23. The Morgan fingerprint density at radius 3 is 2.50 bits per heavy atom. The fourth-order valence-electron chi connectivity index (χ4n) is 2.07. The van der Waals surface area contributed by atoms with Crippen LogP contribution in [0.25, 0.3) is 0 Å². The molecule has 0 aliphatic carbocycles. The molecule has 0 fully saturated rings. The van der Waals surface area contributed by atoms with Gasteiger partial charge in [0.05, 0.1) is 15.9 Å². The van der Waals surface area contributed by atoms with E-state index < -0.39 is 0 Å². The number of hydrogen-bond acceptors (Lipinski definition) is 3. The SMILES string of the molecule is COc1ccc(C(C)NC(C)c2ccc(Cl)s2)cc1Br. The maximum atomic E-state index is 5.98. The average molecular weight is 375 g/mol. The lowest BCUT2D eigenvalue weighted by Crippen LogP contribution is -2.21. The highest BCUT2D eigenvalue weighted by atomic mass is 79.9. The highest BCUT2D eigenvalue weighted by Gasteiger charge is 2.14. The Morgan fingerprint density at radius 2 is 1.95 bits per heavy atom. The van der Waals surface area contributed by atoms with Gasteiger partial charge in [0.25, 0.3) is 0 Å². The van der Waals surface area contributed by atoms with E-state index in [4.69, 9.17) is 16.3 Å². The molecule has 0 saturated carbocycles. The van der Waals surface area contributed by atoms with Gasteiger partial charge in [0.2, 0.25) is 0 Å². The van der Waals surface area contributed by atoms with Gasteiger partial charge < -0.3 is 10.1 Å². The minimum atomic E-state index is 0.244. The second-order valence-corrected chi connectivity index (χ2v) is 7.25. The summed E-state index contributed by atoms with van der Waals surface area (Å²) in [6.07, 6.45) is 0. The molecular weight excluding hydrogens is 358 g/mol. The lowest BCUT2D eigenvalue weighted by Gasteiger charge is -2.20. The summed E-state index contributed by atoms with van der Waals surface area (Å²) in [5.41, 5.74) is 1.21. The maximum Gasteiger partial charge on any atom is 0.133 e. The molecule has 0 aliphatic rings. The van der Waals surface area contributed by atoms with Gasteiger partial charge in [-0.25, -0.2) is 0 Å². The van der Waals surface area contributed by atoms with Crippen LogP contribution in [-0.2, 0) is 0 Å². The molecule has 0 saturated heterocycles. The molecule has 0 aliphatic heterocycles. The first-order valence-corrected chi connectivity index (χ1v) is 8.34. The Morgan fingerprint density at radius 1 is 1.20 bits per heavy atom. The Kier molecular flexibility index (Phi) is 5.49. The highest BCUT2D eigenvalue weighted by molar-refractivity contribution is 9.10. The summed E-state index contributed by atoms with van der Waals surface area (Å²) in [5.74, 6) is 0.846. The van der Waals surface area contributed by atoms with Crippen molar-refractivity contribution in [1.29, 1.82) is 0 Å². The molecule has 1 aromatic carbocycles. The summed E-state index contributed by atoms with van der Waals surface area (Å²) >= 11 is 11.1.